The number of rotatable bonds is 11. The van der Waals surface area contributed by atoms with Gasteiger partial charge in [0.15, 0.2) is 5.11 Å². The molecule has 0 amide bonds. The van der Waals surface area contributed by atoms with Gasteiger partial charge in [-0.3, -0.25) is 4.90 Å². The number of nitrogens with one attached hydrogen (secondary N) is 1. The zero-order valence-corrected chi connectivity index (χ0v) is 22.9. The molecule has 3 heterocycles. The van der Waals surface area contributed by atoms with Gasteiger partial charge in [0, 0.05) is 39.3 Å². The van der Waals surface area contributed by atoms with Crippen LogP contribution in [-0.4, -0.2) is 91.5 Å². The molecule has 204 valence electrons. The van der Waals surface area contributed by atoms with Crippen molar-refractivity contribution in [2.24, 2.45) is 0 Å². The normalized spacial score (nSPS) is 18.7. The van der Waals surface area contributed by atoms with Crippen LogP contribution in [0.25, 0.3) is 0 Å². The molecule has 1 aromatic carbocycles. The lowest BCUT2D eigenvalue weighted by Crippen LogP contribution is -2.46. The number of imidazole rings is 1. The number of nitrogens with zero attached hydrogens (tertiary/aromatic N) is 4. The molecule has 0 radical (unpaired) electrons. The maximum absolute atomic E-state index is 13.5. The van der Waals surface area contributed by atoms with E-state index in [0.29, 0.717) is 43.5 Å². The van der Waals surface area contributed by atoms with Crippen LogP contribution in [-0.2, 0) is 38.2 Å². The van der Waals surface area contributed by atoms with Gasteiger partial charge in [0.05, 0.1) is 50.1 Å². The number of hydrogen-bond acceptors (Lipinski definition) is 7. The topological polar surface area (TPSA) is 88.9 Å². The Morgan fingerprint density at radius 1 is 1.24 bits per heavy atom. The zero-order valence-electron chi connectivity index (χ0n) is 21.3. The van der Waals surface area contributed by atoms with Crippen LogP contribution in [0.5, 0.6) is 0 Å². The fourth-order valence-electron chi connectivity index (χ4n) is 4.62. The molecule has 2 fully saturated rings. The molecule has 1 atom stereocenters. The van der Waals surface area contributed by atoms with Crippen molar-refractivity contribution in [1.82, 2.24) is 24.7 Å². The Morgan fingerprint density at radius 2 is 2.00 bits per heavy atom. The molecule has 0 unspecified atom stereocenters. The summed E-state index contributed by atoms with van der Waals surface area (Å²) in [6.07, 6.45) is 3.37. The Balaban J connectivity index is 1.58. The first kappa shape index (κ1) is 27.9. The van der Waals surface area contributed by atoms with Crippen molar-refractivity contribution < 1.29 is 22.3 Å². The summed E-state index contributed by atoms with van der Waals surface area (Å²) in [5.41, 5.74) is 1.27. The highest BCUT2D eigenvalue weighted by Gasteiger charge is 2.28. The number of morpholine rings is 1. The van der Waals surface area contributed by atoms with E-state index >= 15 is 0 Å². The highest BCUT2D eigenvalue weighted by atomic mass is 32.2. The van der Waals surface area contributed by atoms with Crippen molar-refractivity contribution in [2.45, 2.75) is 49.9 Å². The Kier molecular flexibility index (Phi) is 9.88. The van der Waals surface area contributed by atoms with Gasteiger partial charge in [-0.1, -0.05) is 12.1 Å². The van der Waals surface area contributed by atoms with Gasteiger partial charge in [-0.05, 0) is 49.7 Å². The lowest BCUT2D eigenvalue weighted by Gasteiger charge is -2.31. The molecule has 2 aliphatic heterocycles. The number of hydrogen-bond donors (Lipinski definition) is 1. The molecule has 4 rings (SSSR count). The average Bonchev–Trinajstić information content (AvgIpc) is 3.54. The number of benzene rings is 1. The standard InChI is InChI=1S/C25H36FN5O4S2/c1-2-27-24(36)30(10-9-29-11-14-34-15-12-29)17-22-16-28-25(31(22)18-23-4-3-13-35-23)37(32,33)19-20-5-7-21(26)8-6-20/h5-8,16,23H,2-4,9-15,17-19H2,1H3,(H,27,36)/t23-/m0/s1. The summed E-state index contributed by atoms with van der Waals surface area (Å²) in [6.45, 7) is 8.90. The van der Waals surface area contributed by atoms with Crippen LogP contribution < -0.4 is 5.32 Å². The summed E-state index contributed by atoms with van der Waals surface area (Å²) in [5.74, 6) is -0.664. The molecule has 12 heteroatoms. The monoisotopic (exact) mass is 553 g/mol. The molecule has 2 aliphatic rings. The molecule has 0 aliphatic carbocycles. The lowest BCUT2D eigenvalue weighted by atomic mass is 10.2. The summed E-state index contributed by atoms with van der Waals surface area (Å²) >= 11 is 5.67. The molecule has 2 aromatic rings. The van der Waals surface area contributed by atoms with Crippen LogP contribution >= 0.6 is 12.2 Å². The smallest absolute Gasteiger partial charge is 0.228 e. The fourth-order valence-corrected chi connectivity index (χ4v) is 6.42. The number of thiocarbonyl (C=S) groups is 1. The molecular formula is C25H36FN5O4S2. The van der Waals surface area contributed by atoms with Gasteiger partial charge >= 0.3 is 0 Å². The van der Waals surface area contributed by atoms with E-state index in [0.717, 1.165) is 51.4 Å². The third-order valence-electron chi connectivity index (χ3n) is 6.62. The molecule has 0 spiro atoms. The maximum Gasteiger partial charge on any atom is 0.228 e. The van der Waals surface area contributed by atoms with Crippen LogP contribution in [0.1, 0.15) is 31.0 Å². The van der Waals surface area contributed by atoms with Gasteiger partial charge < -0.3 is 24.3 Å². The van der Waals surface area contributed by atoms with Crippen LogP contribution in [0.2, 0.25) is 0 Å². The summed E-state index contributed by atoms with van der Waals surface area (Å²) < 4.78 is 53.3. The Labute approximate surface area is 223 Å². The minimum atomic E-state index is -3.79. The van der Waals surface area contributed by atoms with Crippen molar-refractivity contribution in [3.8, 4) is 0 Å². The molecular weight excluding hydrogens is 517 g/mol. The second-order valence-corrected chi connectivity index (χ2v) is 11.6. The predicted octanol–water partition coefficient (Wildman–Crippen LogP) is 2.20. The Bertz CT molecular complexity index is 1130. The van der Waals surface area contributed by atoms with Crippen molar-refractivity contribution in [3.05, 3.63) is 47.5 Å². The van der Waals surface area contributed by atoms with E-state index < -0.39 is 15.7 Å². The average molecular weight is 554 g/mol. The van der Waals surface area contributed by atoms with Gasteiger partial charge in [-0.25, -0.2) is 17.8 Å². The first-order valence-corrected chi connectivity index (χ1v) is 14.9. The summed E-state index contributed by atoms with van der Waals surface area (Å²) in [5, 5.41) is 3.86. The van der Waals surface area contributed by atoms with Crippen LogP contribution in [0.3, 0.4) is 0 Å². The highest BCUT2D eigenvalue weighted by molar-refractivity contribution is 7.90. The third kappa shape index (κ3) is 7.70. The Hall–Kier alpha value is -2.12. The molecule has 37 heavy (non-hydrogen) atoms. The van der Waals surface area contributed by atoms with Crippen molar-refractivity contribution >= 4 is 27.2 Å². The summed E-state index contributed by atoms with van der Waals surface area (Å²) in [4.78, 5) is 8.78. The van der Waals surface area contributed by atoms with Gasteiger partial charge in [0.2, 0.25) is 15.0 Å². The van der Waals surface area contributed by atoms with Gasteiger partial charge in [0.25, 0.3) is 0 Å². The molecule has 2 saturated heterocycles. The second kappa shape index (κ2) is 13.1. The van der Waals surface area contributed by atoms with Crippen LogP contribution in [0, 0.1) is 5.82 Å². The van der Waals surface area contributed by atoms with E-state index in [1.807, 2.05) is 6.92 Å². The van der Waals surface area contributed by atoms with Gasteiger partial charge in [-0.2, -0.15) is 0 Å². The number of halogens is 1. The van der Waals surface area contributed by atoms with E-state index in [-0.39, 0.29) is 17.0 Å². The number of ether oxygens (including phenoxy) is 2. The third-order valence-corrected chi connectivity index (χ3v) is 8.62. The summed E-state index contributed by atoms with van der Waals surface area (Å²) in [7, 11) is -3.79. The fraction of sp³-hybridized carbons (Fsp3) is 0.600. The molecule has 0 bridgehead atoms. The van der Waals surface area contributed by atoms with Crippen molar-refractivity contribution in [1.29, 1.82) is 0 Å². The van der Waals surface area contributed by atoms with Crippen molar-refractivity contribution in [2.75, 3.05) is 52.5 Å². The summed E-state index contributed by atoms with van der Waals surface area (Å²) in [6, 6.07) is 5.51. The van der Waals surface area contributed by atoms with E-state index in [4.69, 9.17) is 21.7 Å². The number of sulfone groups is 1. The number of aromatic nitrogens is 2. The minimum absolute atomic E-state index is 0.00447. The van der Waals surface area contributed by atoms with E-state index in [1.54, 1.807) is 10.8 Å². The SMILES string of the molecule is CCNC(=S)N(CCN1CCOCC1)Cc1cnc(S(=O)(=O)Cc2ccc(F)cc2)n1C[C@@H]1CCCO1. The van der Waals surface area contributed by atoms with Gasteiger partial charge in [0.1, 0.15) is 5.82 Å². The molecule has 0 saturated carbocycles. The molecule has 1 N–H and O–H groups in total. The van der Waals surface area contributed by atoms with E-state index in [1.165, 1.54) is 24.3 Å². The maximum atomic E-state index is 13.5. The highest BCUT2D eigenvalue weighted by Crippen LogP contribution is 2.23. The molecule has 9 nitrogen and oxygen atoms in total. The van der Waals surface area contributed by atoms with E-state index in [9.17, 15) is 12.8 Å². The second-order valence-electron chi connectivity index (χ2n) is 9.37. The zero-order chi connectivity index (χ0) is 26.3. The van der Waals surface area contributed by atoms with Gasteiger partial charge in [-0.15, -0.1) is 0 Å². The first-order chi connectivity index (χ1) is 17.9. The van der Waals surface area contributed by atoms with E-state index in [2.05, 4.69) is 20.1 Å². The minimum Gasteiger partial charge on any atom is -0.379 e. The molecule has 1 aromatic heterocycles. The lowest BCUT2D eigenvalue weighted by molar-refractivity contribution is 0.0356. The van der Waals surface area contributed by atoms with Crippen LogP contribution in [0.4, 0.5) is 4.39 Å². The largest absolute Gasteiger partial charge is 0.379 e. The Morgan fingerprint density at radius 3 is 2.68 bits per heavy atom. The van der Waals surface area contributed by atoms with Crippen LogP contribution in [0.15, 0.2) is 35.6 Å². The predicted molar refractivity (Wildman–Crippen MR) is 142 cm³/mol. The quantitative estimate of drug-likeness (QED) is 0.421. The van der Waals surface area contributed by atoms with Crippen molar-refractivity contribution in [3.63, 3.8) is 0 Å². The first-order valence-electron chi connectivity index (χ1n) is 12.8.